The summed E-state index contributed by atoms with van der Waals surface area (Å²) in [4.78, 5) is 30.2. The Morgan fingerprint density at radius 1 is 0.862 bits per heavy atom. The summed E-state index contributed by atoms with van der Waals surface area (Å²) < 4.78 is 2.08. The van der Waals surface area contributed by atoms with Crippen molar-refractivity contribution in [2.75, 3.05) is 6.54 Å². The number of hydrogen-bond donors (Lipinski definition) is 1. The summed E-state index contributed by atoms with van der Waals surface area (Å²) >= 11 is 0. The Hall–Kier alpha value is -3.73. The van der Waals surface area contributed by atoms with Gasteiger partial charge in [0, 0.05) is 24.2 Å². The lowest BCUT2D eigenvalue weighted by Crippen LogP contribution is -2.29. The second-order valence-corrected chi connectivity index (χ2v) is 6.80. The first-order valence-corrected chi connectivity index (χ1v) is 9.54. The van der Waals surface area contributed by atoms with Crippen LogP contribution >= 0.6 is 0 Å². The van der Waals surface area contributed by atoms with E-state index in [0.29, 0.717) is 29.8 Å². The van der Waals surface area contributed by atoms with Gasteiger partial charge in [-0.15, -0.1) is 0 Å². The summed E-state index contributed by atoms with van der Waals surface area (Å²) in [5.74, 6) is 0.486. The number of rotatable bonds is 6. The highest BCUT2D eigenvalue weighted by Gasteiger charge is 2.17. The molecule has 5 heteroatoms. The number of fused-ring (bicyclic) bond motifs is 1. The number of aryl methyl sites for hydroxylation is 1. The van der Waals surface area contributed by atoms with Gasteiger partial charge in [0.25, 0.3) is 5.91 Å². The number of carbonyl (C=O) groups excluding carboxylic acids is 2. The molecule has 4 aromatic rings. The average molecular weight is 383 g/mol. The molecule has 0 saturated carbocycles. The number of aromatic nitrogens is 2. The van der Waals surface area contributed by atoms with E-state index in [4.69, 9.17) is 0 Å². The molecule has 0 aliphatic heterocycles. The molecule has 1 heterocycles. The monoisotopic (exact) mass is 383 g/mol. The lowest BCUT2D eigenvalue weighted by atomic mass is 9.98. The molecule has 1 N–H and O–H groups in total. The SMILES string of the molecule is Cc1nc2ccccc2n1CCNC(=O)c1ccccc1C(=O)c1ccccc1. The molecule has 0 unspecified atom stereocenters. The first kappa shape index (κ1) is 18.6. The van der Waals surface area contributed by atoms with Crippen molar-refractivity contribution in [1.82, 2.24) is 14.9 Å². The number of carbonyl (C=O) groups is 2. The first-order valence-electron chi connectivity index (χ1n) is 9.54. The van der Waals surface area contributed by atoms with Crippen molar-refractivity contribution in [3.05, 3.63) is 101 Å². The number of nitrogens with zero attached hydrogens (tertiary/aromatic N) is 2. The molecule has 0 atom stereocenters. The molecular weight excluding hydrogens is 362 g/mol. The second-order valence-electron chi connectivity index (χ2n) is 6.80. The maximum absolute atomic E-state index is 12.8. The molecule has 29 heavy (non-hydrogen) atoms. The molecular formula is C24H21N3O2. The van der Waals surface area contributed by atoms with E-state index in [1.807, 2.05) is 49.4 Å². The minimum absolute atomic E-state index is 0.159. The average Bonchev–Trinajstić information content (AvgIpc) is 3.09. The zero-order chi connectivity index (χ0) is 20.2. The van der Waals surface area contributed by atoms with Crippen molar-refractivity contribution in [3.63, 3.8) is 0 Å². The van der Waals surface area contributed by atoms with E-state index < -0.39 is 0 Å². The second kappa shape index (κ2) is 8.10. The zero-order valence-corrected chi connectivity index (χ0v) is 16.1. The van der Waals surface area contributed by atoms with Crippen LogP contribution in [0, 0.1) is 6.92 Å². The molecule has 0 aliphatic rings. The fourth-order valence-corrected chi connectivity index (χ4v) is 3.48. The Morgan fingerprint density at radius 2 is 1.52 bits per heavy atom. The molecule has 0 fully saturated rings. The van der Waals surface area contributed by atoms with Crippen molar-refractivity contribution in [3.8, 4) is 0 Å². The van der Waals surface area contributed by atoms with Crippen molar-refractivity contribution >= 4 is 22.7 Å². The third-order valence-corrected chi connectivity index (χ3v) is 4.92. The van der Waals surface area contributed by atoms with Crippen LogP contribution in [0.4, 0.5) is 0 Å². The molecule has 0 bridgehead atoms. The van der Waals surface area contributed by atoms with E-state index >= 15 is 0 Å². The third-order valence-electron chi connectivity index (χ3n) is 4.92. The lowest BCUT2D eigenvalue weighted by Gasteiger charge is -2.11. The predicted octanol–water partition coefficient (Wildman–Crippen LogP) is 4.01. The number of nitrogens with one attached hydrogen (secondary N) is 1. The van der Waals surface area contributed by atoms with Gasteiger partial charge in [-0.1, -0.05) is 60.7 Å². The highest BCUT2D eigenvalue weighted by atomic mass is 16.2. The van der Waals surface area contributed by atoms with Gasteiger partial charge >= 0.3 is 0 Å². The first-order chi connectivity index (χ1) is 14.1. The van der Waals surface area contributed by atoms with Crippen LogP contribution in [0.2, 0.25) is 0 Å². The Balaban J connectivity index is 1.49. The van der Waals surface area contributed by atoms with Gasteiger partial charge in [-0.3, -0.25) is 9.59 Å². The summed E-state index contributed by atoms with van der Waals surface area (Å²) in [5.41, 5.74) is 3.33. The molecule has 1 aromatic heterocycles. The minimum Gasteiger partial charge on any atom is -0.350 e. The van der Waals surface area contributed by atoms with Crippen LogP contribution in [0.25, 0.3) is 11.0 Å². The van der Waals surface area contributed by atoms with Gasteiger partial charge in [-0.2, -0.15) is 0 Å². The molecule has 5 nitrogen and oxygen atoms in total. The van der Waals surface area contributed by atoms with E-state index in [1.165, 1.54) is 0 Å². The number of benzene rings is 3. The van der Waals surface area contributed by atoms with E-state index in [0.717, 1.165) is 16.9 Å². The Labute approximate surface area is 169 Å². The van der Waals surface area contributed by atoms with Gasteiger partial charge in [-0.05, 0) is 25.1 Å². The predicted molar refractivity (Wildman–Crippen MR) is 113 cm³/mol. The van der Waals surface area contributed by atoms with E-state index in [9.17, 15) is 9.59 Å². The number of ketones is 1. The minimum atomic E-state index is -0.257. The smallest absolute Gasteiger partial charge is 0.252 e. The maximum atomic E-state index is 12.8. The molecule has 0 aliphatic carbocycles. The summed E-state index contributed by atoms with van der Waals surface area (Å²) in [6.07, 6.45) is 0. The van der Waals surface area contributed by atoms with Gasteiger partial charge in [0.05, 0.1) is 16.6 Å². The third kappa shape index (κ3) is 3.80. The standard InChI is InChI=1S/C24H21N3O2/c1-17-26-21-13-7-8-14-22(21)27(17)16-15-25-24(29)20-12-6-5-11-19(20)23(28)18-9-3-2-4-10-18/h2-14H,15-16H2,1H3,(H,25,29). The van der Waals surface area contributed by atoms with Gasteiger partial charge in [0.15, 0.2) is 5.78 Å². The molecule has 4 rings (SSSR count). The summed E-state index contributed by atoms with van der Waals surface area (Å²) in [6, 6.07) is 23.8. The molecule has 1 amide bonds. The number of imidazole rings is 1. The fraction of sp³-hybridized carbons (Fsp3) is 0.125. The van der Waals surface area contributed by atoms with Crippen LogP contribution in [0.15, 0.2) is 78.9 Å². The van der Waals surface area contributed by atoms with Crippen LogP contribution in [0.1, 0.15) is 32.1 Å². The summed E-state index contributed by atoms with van der Waals surface area (Å²) in [7, 11) is 0. The van der Waals surface area contributed by atoms with Crippen molar-refractivity contribution in [1.29, 1.82) is 0 Å². The Bertz CT molecular complexity index is 1180. The van der Waals surface area contributed by atoms with E-state index in [-0.39, 0.29) is 11.7 Å². The van der Waals surface area contributed by atoms with Crippen molar-refractivity contribution in [2.24, 2.45) is 0 Å². The van der Waals surface area contributed by atoms with E-state index in [2.05, 4.69) is 14.9 Å². The summed E-state index contributed by atoms with van der Waals surface area (Å²) in [5, 5.41) is 2.94. The van der Waals surface area contributed by atoms with Crippen LogP contribution in [0.3, 0.4) is 0 Å². The normalized spacial score (nSPS) is 10.8. The molecule has 3 aromatic carbocycles. The largest absolute Gasteiger partial charge is 0.350 e. The van der Waals surface area contributed by atoms with Gasteiger partial charge in [-0.25, -0.2) is 4.98 Å². The topological polar surface area (TPSA) is 64.0 Å². The van der Waals surface area contributed by atoms with Crippen molar-refractivity contribution in [2.45, 2.75) is 13.5 Å². The maximum Gasteiger partial charge on any atom is 0.252 e. The van der Waals surface area contributed by atoms with Gasteiger partial charge < -0.3 is 9.88 Å². The fourth-order valence-electron chi connectivity index (χ4n) is 3.48. The number of para-hydroxylation sites is 2. The molecule has 0 radical (unpaired) electrons. The Kier molecular flexibility index (Phi) is 5.20. The molecule has 0 spiro atoms. The highest BCUT2D eigenvalue weighted by Crippen LogP contribution is 2.16. The highest BCUT2D eigenvalue weighted by molar-refractivity contribution is 6.15. The van der Waals surface area contributed by atoms with Crippen LogP contribution < -0.4 is 5.32 Å². The van der Waals surface area contributed by atoms with Gasteiger partial charge in [0.2, 0.25) is 0 Å². The summed E-state index contributed by atoms with van der Waals surface area (Å²) in [6.45, 7) is 3.00. The molecule has 0 saturated heterocycles. The molecule has 144 valence electrons. The number of hydrogen-bond acceptors (Lipinski definition) is 3. The Morgan fingerprint density at radius 3 is 2.31 bits per heavy atom. The number of amides is 1. The van der Waals surface area contributed by atoms with Gasteiger partial charge in [0.1, 0.15) is 5.82 Å². The quantitative estimate of drug-likeness (QED) is 0.512. The van der Waals surface area contributed by atoms with Crippen molar-refractivity contribution < 1.29 is 9.59 Å². The van der Waals surface area contributed by atoms with Crippen LogP contribution in [0.5, 0.6) is 0 Å². The lowest BCUT2D eigenvalue weighted by molar-refractivity contribution is 0.0941. The zero-order valence-electron chi connectivity index (χ0n) is 16.1. The van der Waals surface area contributed by atoms with E-state index in [1.54, 1.807) is 36.4 Å². The van der Waals surface area contributed by atoms with Crippen LogP contribution in [-0.4, -0.2) is 27.8 Å². The van der Waals surface area contributed by atoms with Crippen LogP contribution in [-0.2, 0) is 6.54 Å².